The van der Waals surface area contributed by atoms with Crippen molar-refractivity contribution in [3.63, 3.8) is 0 Å². The van der Waals surface area contributed by atoms with Gasteiger partial charge in [0.1, 0.15) is 23.6 Å². The Balaban J connectivity index is 1.54. The Kier molecular flexibility index (Phi) is 2.99. The average molecular weight is 280 g/mol. The maximum atomic E-state index is 4.46. The molecule has 0 atom stereocenters. The van der Waals surface area contributed by atoms with Crippen molar-refractivity contribution in [1.29, 1.82) is 0 Å². The van der Waals surface area contributed by atoms with E-state index in [1.54, 1.807) is 6.33 Å². The Morgan fingerprint density at radius 1 is 1.05 bits per heavy atom. The third-order valence-electron chi connectivity index (χ3n) is 4.08. The summed E-state index contributed by atoms with van der Waals surface area (Å²) in [7, 11) is 0. The first kappa shape index (κ1) is 12.3. The number of aromatic nitrogens is 5. The van der Waals surface area contributed by atoms with Crippen molar-refractivity contribution in [2.45, 2.75) is 18.8 Å². The molecule has 1 aliphatic heterocycles. The number of fused-ring (bicyclic) bond motifs is 1. The van der Waals surface area contributed by atoms with Crippen molar-refractivity contribution in [3.05, 3.63) is 42.9 Å². The van der Waals surface area contributed by atoms with Crippen LogP contribution in [0.15, 0.2) is 37.1 Å². The first-order chi connectivity index (χ1) is 10.4. The molecule has 6 nitrogen and oxygen atoms in total. The molecule has 0 spiro atoms. The highest BCUT2D eigenvalue weighted by Gasteiger charge is 2.24. The summed E-state index contributed by atoms with van der Waals surface area (Å²) in [6.45, 7) is 1.94. The molecule has 106 valence electrons. The monoisotopic (exact) mass is 280 g/mol. The van der Waals surface area contributed by atoms with Gasteiger partial charge in [-0.1, -0.05) is 0 Å². The maximum absolute atomic E-state index is 4.46. The maximum Gasteiger partial charge on any atom is 0.142 e. The normalized spacial score (nSPS) is 16.5. The minimum absolute atomic E-state index is 0.450. The van der Waals surface area contributed by atoms with Gasteiger partial charge in [-0.2, -0.15) is 0 Å². The van der Waals surface area contributed by atoms with Crippen molar-refractivity contribution >= 4 is 16.9 Å². The highest BCUT2D eigenvalue weighted by molar-refractivity contribution is 5.87. The molecule has 6 heteroatoms. The largest absolute Gasteiger partial charge is 0.356 e. The van der Waals surface area contributed by atoms with E-state index in [1.807, 2.05) is 30.7 Å². The third kappa shape index (κ3) is 2.22. The number of hydrogen-bond donors (Lipinski definition) is 1. The van der Waals surface area contributed by atoms with Gasteiger partial charge in [-0.25, -0.2) is 19.9 Å². The lowest BCUT2D eigenvalue weighted by Gasteiger charge is -2.32. The van der Waals surface area contributed by atoms with Crippen LogP contribution in [-0.4, -0.2) is 38.0 Å². The van der Waals surface area contributed by atoms with Crippen LogP contribution in [0.5, 0.6) is 0 Å². The van der Waals surface area contributed by atoms with E-state index < -0.39 is 0 Å². The summed E-state index contributed by atoms with van der Waals surface area (Å²) in [6, 6.07) is 3.90. The highest BCUT2D eigenvalue weighted by Crippen LogP contribution is 2.30. The summed E-state index contributed by atoms with van der Waals surface area (Å²) in [5.74, 6) is 2.44. The van der Waals surface area contributed by atoms with Crippen LogP contribution in [0.3, 0.4) is 0 Å². The van der Waals surface area contributed by atoms with Gasteiger partial charge in [-0.15, -0.1) is 0 Å². The van der Waals surface area contributed by atoms with Gasteiger partial charge in [0, 0.05) is 37.6 Å². The van der Waals surface area contributed by atoms with E-state index in [2.05, 4.69) is 29.8 Å². The molecule has 4 heterocycles. The zero-order valence-electron chi connectivity index (χ0n) is 11.6. The zero-order chi connectivity index (χ0) is 14.1. The summed E-state index contributed by atoms with van der Waals surface area (Å²) >= 11 is 0. The molecule has 0 amide bonds. The number of aromatic amines is 1. The number of rotatable bonds is 2. The highest BCUT2D eigenvalue weighted by atomic mass is 15.2. The molecule has 3 aromatic heterocycles. The summed E-state index contributed by atoms with van der Waals surface area (Å²) in [6.07, 6.45) is 9.29. The minimum atomic E-state index is 0.450. The van der Waals surface area contributed by atoms with Crippen LogP contribution < -0.4 is 4.90 Å². The Bertz CT molecular complexity index is 730. The van der Waals surface area contributed by atoms with E-state index in [0.717, 1.165) is 48.6 Å². The molecule has 0 bridgehead atoms. The fourth-order valence-electron chi connectivity index (χ4n) is 2.98. The molecule has 1 aliphatic rings. The lowest BCUT2D eigenvalue weighted by atomic mass is 9.96. The summed E-state index contributed by atoms with van der Waals surface area (Å²) in [5.41, 5.74) is 0.897. The number of H-pyrrole nitrogens is 1. The molecule has 1 saturated heterocycles. The van der Waals surface area contributed by atoms with Crippen LogP contribution in [0.1, 0.15) is 24.6 Å². The fourth-order valence-corrected chi connectivity index (χ4v) is 2.98. The van der Waals surface area contributed by atoms with Crippen molar-refractivity contribution in [3.8, 4) is 0 Å². The lowest BCUT2D eigenvalue weighted by molar-refractivity contribution is 0.484. The molecular weight excluding hydrogens is 264 g/mol. The van der Waals surface area contributed by atoms with Gasteiger partial charge in [0.05, 0.1) is 5.39 Å². The SMILES string of the molecule is c1cnc(C2CCN(c3ncnc4[nH]ccc34)CC2)nc1. The van der Waals surface area contributed by atoms with Crippen molar-refractivity contribution < 1.29 is 0 Å². The second kappa shape index (κ2) is 5.12. The van der Waals surface area contributed by atoms with Gasteiger partial charge in [-0.3, -0.25) is 0 Å². The third-order valence-corrected chi connectivity index (χ3v) is 4.08. The molecule has 4 rings (SSSR count). The molecule has 1 N–H and O–H groups in total. The van der Waals surface area contributed by atoms with Gasteiger partial charge >= 0.3 is 0 Å². The van der Waals surface area contributed by atoms with Gasteiger partial charge in [-0.05, 0) is 25.0 Å². The topological polar surface area (TPSA) is 70.6 Å². The second-order valence-corrected chi connectivity index (χ2v) is 5.31. The van der Waals surface area contributed by atoms with Gasteiger partial charge < -0.3 is 9.88 Å². The Hall–Kier alpha value is -2.50. The van der Waals surface area contributed by atoms with Crippen molar-refractivity contribution in [1.82, 2.24) is 24.9 Å². The molecule has 0 aromatic carbocycles. The van der Waals surface area contributed by atoms with Crippen molar-refractivity contribution in [2.75, 3.05) is 18.0 Å². The number of nitrogens with zero attached hydrogens (tertiary/aromatic N) is 5. The van der Waals surface area contributed by atoms with E-state index in [9.17, 15) is 0 Å². The van der Waals surface area contributed by atoms with E-state index >= 15 is 0 Å². The molecule has 21 heavy (non-hydrogen) atoms. The number of hydrogen-bond acceptors (Lipinski definition) is 5. The fraction of sp³-hybridized carbons (Fsp3) is 0.333. The number of anilines is 1. The van der Waals surface area contributed by atoms with Crippen LogP contribution in [0.25, 0.3) is 11.0 Å². The lowest BCUT2D eigenvalue weighted by Crippen LogP contribution is -2.34. The summed E-state index contributed by atoms with van der Waals surface area (Å²) < 4.78 is 0. The molecular formula is C15H16N6. The zero-order valence-corrected chi connectivity index (χ0v) is 11.6. The van der Waals surface area contributed by atoms with Gasteiger partial charge in [0.2, 0.25) is 0 Å². The first-order valence-corrected chi connectivity index (χ1v) is 7.22. The minimum Gasteiger partial charge on any atom is -0.356 e. The second-order valence-electron chi connectivity index (χ2n) is 5.31. The predicted molar refractivity (Wildman–Crippen MR) is 80.1 cm³/mol. The van der Waals surface area contributed by atoms with Crippen LogP contribution in [0, 0.1) is 0 Å². The Morgan fingerprint density at radius 2 is 1.86 bits per heavy atom. The standard InChI is InChI=1S/C15H16N6/c1-5-16-13(17-6-1)11-3-8-21(9-4-11)15-12-2-7-18-14(12)19-10-20-15/h1-2,5-7,10-11H,3-4,8-9H2,(H,18,19,20). The Labute approximate surface area is 122 Å². The number of nitrogens with one attached hydrogen (secondary N) is 1. The first-order valence-electron chi connectivity index (χ1n) is 7.22. The molecule has 0 aliphatic carbocycles. The van der Waals surface area contributed by atoms with Crippen LogP contribution >= 0.6 is 0 Å². The molecule has 0 saturated carbocycles. The quantitative estimate of drug-likeness (QED) is 0.778. The van der Waals surface area contributed by atoms with E-state index in [-0.39, 0.29) is 0 Å². The van der Waals surface area contributed by atoms with E-state index in [4.69, 9.17) is 0 Å². The smallest absolute Gasteiger partial charge is 0.142 e. The predicted octanol–water partition coefficient (Wildman–Crippen LogP) is 2.13. The van der Waals surface area contributed by atoms with Crippen LogP contribution in [0.2, 0.25) is 0 Å². The number of piperidine rings is 1. The molecule has 0 unspecified atom stereocenters. The molecule has 0 radical (unpaired) electrons. The van der Waals surface area contributed by atoms with Crippen LogP contribution in [-0.2, 0) is 0 Å². The Morgan fingerprint density at radius 3 is 2.67 bits per heavy atom. The van der Waals surface area contributed by atoms with Gasteiger partial charge in [0.25, 0.3) is 0 Å². The summed E-state index contributed by atoms with van der Waals surface area (Å²) in [5, 5.41) is 1.09. The molecule has 1 fully saturated rings. The van der Waals surface area contributed by atoms with Crippen molar-refractivity contribution in [2.24, 2.45) is 0 Å². The average Bonchev–Trinajstić information content (AvgIpc) is 3.04. The van der Waals surface area contributed by atoms with Gasteiger partial charge in [0.15, 0.2) is 0 Å². The van der Waals surface area contributed by atoms with Crippen LogP contribution in [0.4, 0.5) is 5.82 Å². The van der Waals surface area contributed by atoms with E-state index in [1.165, 1.54) is 0 Å². The summed E-state index contributed by atoms with van der Waals surface area (Å²) in [4.78, 5) is 22.9. The molecule has 3 aromatic rings. The van der Waals surface area contributed by atoms with E-state index in [0.29, 0.717) is 5.92 Å².